The van der Waals surface area contributed by atoms with Crippen molar-refractivity contribution in [3.05, 3.63) is 11.9 Å². The lowest BCUT2D eigenvalue weighted by atomic mass is 10.3. The minimum Gasteiger partial charge on any atom is -0.373 e. The van der Waals surface area contributed by atoms with Crippen molar-refractivity contribution in [2.45, 2.75) is 26.2 Å². The third-order valence-electron chi connectivity index (χ3n) is 1.94. The number of aromatic nitrogens is 2. The fraction of sp³-hybridized carbons (Fsp3) is 0.600. The highest BCUT2D eigenvalue weighted by Gasteiger charge is 2.06. The third kappa shape index (κ3) is 3.96. The highest BCUT2D eigenvalue weighted by atomic mass is 19.3. The van der Waals surface area contributed by atoms with Crippen LogP contribution in [-0.2, 0) is 6.42 Å². The Hall–Kier alpha value is -1.46. The van der Waals surface area contributed by atoms with Crippen molar-refractivity contribution in [2.75, 3.05) is 24.2 Å². The van der Waals surface area contributed by atoms with Gasteiger partial charge in [0.1, 0.15) is 17.5 Å². The predicted octanol–water partition coefficient (Wildman–Crippen LogP) is 2.15. The number of hydrogen-bond acceptors (Lipinski definition) is 4. The molecule has 1 aromatic rings. The molecule has 0 unspecified atom stereocenters. The van der Waals surface area contributed by atoms with Crippen LogP contribution in [0, 0.1) is 0 Å². The Kier molecular flexibility index (Phi) is 4.88. The van der Waals surface area contributed by atoms with Crippen LogP contribution >= 0.6 is 0 Å². The molecule has 0 saturated heterocycles. The molecule has 0 aliphatic rings. The van der Waals surface area contributed by atoms with E-state index in [4.69, 9.17) is 0 Å². The standard InChI is InChI=1S/C10H16F2N4/c1-3-4-8-15-9(13-2)5-10(16-8)14-6-7(11)12/h5,7H,3-4,6H2,1-2H3,(H2,13,14,15,16). The maximum atomic E-state index is 12.0. The monoisotopic (exact) mass is 230 g/mol. The molecular weight excluding hydrogens is 214 g/mol. The quantitative estimate of drug-likeness (QED) is 0.786. The van der Waals surface area contributed by atoms with Crippen LogP contribution in [0.25, 0.3) is 0 Å². The summed E-state index contributed by atoms with van der Waals surface area (Å²) >= 11 is 0. The molecule has 4 nitrogen and oxygen atoms in total. The smallest absolute Gasteiger partial charge is 0.255 e. The fourth-order valence-corrected chi connectivity index (χ4v) is 1.23. The van der Waals surface area contributed by atoms with E-state index in [0.29, 0.717) is 17.5 Å². The van der Waals surface area contributed by atoms with Gasteiger partial charge < -0.3 is 10.6 Å². The average molecular weight is 230 g/mol. The van der Waals surface area contributed by atoms with E-state index in [1.165, 1.54) is 0 Å². The minimum absolute atomic E-state index is 0.397. The number of aryl methyl sites for hydroxylation is 1. The Balaban J connectivity index is 2.77. The molecule has 0 fully saturated rings. The molecule has 6 heteroatoms. The molecule has 0 atom stereocenters. The second-order valence-corrected chi connectivity index (χ2v) is 3.33. The number of anilines is 2. The molecule has 0 aliphatic carbocycles. The van der Waals surface area contributed by atoms with E-state index in [-0.39, 0.29) is 0 Å². The van der Waals surface area contributed by atoms with Gasteiger partial charge in [0, 0.05) is 19.5 Å². The summed E-state index contributed by atoms with van der Waals surface area (Å²) in [5, 5.41) is 5.45. The molecule has 0 spiro atoms. The van der Waals surface area contributed by atoms with Gasteiger partial charge in [-0.1, -0.05) is 6.92 Å². The summed E-state index contributed by atoms with van der Waals surface area (Å²) in [6, 6.07) is 1.61. The minimum atomic E-state index is -2.39. The summed E-state index contributed by atoms with van der Waals surface area (Å²) in [7, 11) is 1.73. The van der Waals surface area contributed by atoms with E-state index in [0.717, 1.165) is 12.8 Å². The first-order chi connectivity index (χ1) is 7.65. The van der Waals surface area contributed by atoms with Crippen LogP contribution in [0.3, 0.4) is 0 Å². The zero-order valence-electron chi connectivity index (χ0n) is 9.43. The summed E-state index contributed by atoms with van der Waals surface area (Å²) in [5.41, 5.74) is 0. The summed E-state index contributed by atoms with van der Waals surface area (Å²) < 4.78 is 24.1. The van der Waals surface area contributed by atoms with Gasteiger partial charge in [0.15, 0.2) is 0 Å². The second kappa shape index (κ2) is 6.19. The summed E-state index contributed by atoms with van der Waals surface area (Å²) in [6.07, 6.45) is -0.733. The van der Waals surface area contributed by atoms with Gasteiger partial charge in [0.05, 0.1) is 6.54 Å². The Morgan fingerprint density at radius 3 is 2.56 bits per heavy atom. The number of hydrogen-bond donors (Lipinski definition) is 2. The molecule has 0 bridgehead atoms. The van der Waals surface area contributed by atoms with Gasteiger partial charge >= 0.3 is 0 Å². The molecule has 0 aromatic carbocycles. The van der Waals surface area contributed by atoms with Crippen molar-refractivity contribution in [1.82, 2.24) is 9.97 Å². The highest BCUT2D eigenvalue weighted by Crippen LogP contribution is 2.12. The van der Waals surface area contributed by atoms with Gasteiger partial charge in [-0.15, -0.1) is 0 Å². The molecule has 90 valence electrons. The van der Waals surface area contributed by atoms with E-state index in [2.05, 4.69) is 20.6 Å². The molecule has 1 aromatic heterocycles. The Labute approximate surface area is 93.5 Å². The van der Waals surface area contributed by atoms with Gasteiger partial charge in [0.25, 0.3) is 6.43 Å². The summed E-state index contributed by atoms with van der Waals surface area (Å²) in [4.78, 5) is 8.37. The lowest BCUT2D eigenvalue weighted by Crippen LogP contribution is -2.13. The number of nitrogens with one attached hydrogen (secondary N) is 2. The lowest BCUT2D eigenvalue weighted by Gasteiger charge is -2.08. The normalized spacial score (nSPS) is 10.6. The molecule has 1 heterocycles. The van der Waals surface area contributed by atoms with Gasteiger partial charge in [-0.25, -0.2) is 18.7 Å². The Bertz CT molecular complexity index is 331. The van der Waals surface area contributed by atoms with Crippen LogP contribution in [0.4, 0.5) is 20.4 Å². The summed E-state index contributed by atoms with van der Waals surface area (Å²) in [5.74, 6) is 1.73. The van der Waals surface area contributed by atoms with Crippen molar-refractivity contribution in [1.29, 1.82) is 0 Å². The second-order valence-electron chi connectivity index (χ2n) is 3.33. The molecule has 0 radical (unpaired) electrons. The Morgan fingerprint density at radius 2 is 2.00 bits per heavy atom. The van der Waals surface area contributed by atoms with Gasteiger partial charge in [-0.3, -0.25) is 0 Å². The summed E-state index contributed by atoms with van der Waals surface area (Å²) in [6.45, 7) is 1.62. The van der Waals surface area contributed by atoms with Crippen molar-refractivity contribution >= 4 is 11.6 Å². The average Bonchev–Trinajstić information content (AvgIpc) is 2.26. The van der Waals surface area contributed by atoms with Crippen molar-refractivity contribution in [3.8, 4) is 0 Å². The van der Waals surface area contributed by atoms with Crippen molar-refractivity contribution < 1.29 is 8.78 Å². The molecule has 0 saturated carbocycles. The van der Waals surface area contributed by atoms with E-state index in [1.54, 1.807) is 13.1 Å². The first-order valence-electron chi connectivity index (χ1n) is 5.23. The van der Waals surface area contributed by atoms with Crippen molar-refractivity contribution in [2.24, 2.45) is 0 Å². The maximum Gasteiger partial charge on any atom is 0.255 e. The molecule has 1 rings (SSSR count). The number of rotatable bonds is 6. The van der Waals surface area contributed by atoms with Crippen LogP contribution in [-0.4, -0.2) is 30.0 Å². The zero-order chi connectivity index (χ0) is 12.0. The fourth-order valence-electron chi connectivity index (χ4n) is 1.23. The Morgan fingerprint density at radius 1 is 1.31 bits per heavy atom. The molecule has 0 amide bonds. The largest absolute Gasteiger partial charge is 0.373 e. The molecule has 16 heavy (non-hydrogen) atoms. The molecule has 0 aliphatic heterocycles. The van der Waals surface area contributed by atoms with Crippen molar-refractivity contribution in [3.63, 3.8) is 0 Å². The maximum absolute atomic E-state index is 12.0. The van der Waals surface area contributed by atoms with Gasteiger partial charge in [0.2, 0.25) is 0 Å². The highest BCUT2D eigenvalue weighted by molar-refractivity contribution is 5.47. The molecule has 2 N–H and O–H groups in total. The van der Waals surface area contributed by atoms with E-state index < -0.39 is 13.0 Å². The lowest BCUT2D eigenvalue weighted by molar-refractivity contribution is 0.163. The number of halogens is 2. The van der Waals surface area contributed by atoms with Crippen LogP contribution < -0.4 is 10.6 Å². The van der Waals surface area contributed by atoms with Crippen LogP contribution in [0.2, 0.25) is 0 Å². The van der Waals surface area contributed by atoms with E-state index in [1.807, 2.05) is 6.92 Å². The zero-order valence-corrected chi connectivity index (χ0v) is 9.43. The SMILES string of the molecule is CCCc1nc(NC)cc(NCC(F)F)n1. The van der Waals surface area contributed by atoms with E-state index in [9.17, 15) is 8.78 Å². The first-order valence-corrected chi connectivity index (χ1v) is 5.23. The first kappa shape index (κ1) is 12.6. The number of alkyl halides is 2. The van der Waals surface area contributed by atoms with Crippen LogP contribution in [0.5, 0.6) is 0 Å². The van der Waals surface area contributed by atoms with Crippen LogP contribution in [0.15, 0.2) is 6.07 Å². The van der Waals surface area contributed by atoms with Crippen LogP contribution in [0.1, 0.15) is 19.2 Å². The van der Waals surface area contributed by atoms with Gasteiger partial charge in [-0.05, 0) is 6.42 Å². The molecular formula is C10H16F2N4. The topological polar surface area (TPSA) is 49.8 Å². The number of nitrogens with zero attached hydrogens (tertiary/aromatic N) is 2. The van der Waals surface area contributed by atoms with E-state index >= 15 is 0 Å². The van der Waals surface area contributed by atoms with Gasteiger partial charge in [-0.2, -0.15) is 0 Å². The third-order valence-corrected chi connectivity index (χ3v) is 1.94. The predicted molar refractivity (Wildman–Crippen MR) is 60.1 cm³/mol.